The minimum atomic E-state index is -0.0620. The molecule has 1 aromatic heterocycles. The average Bonchev–Trinajstić information content (AvgIpc) is 3.13. The lowest BCUT2D eigenvalue weighted by Crippen LogP contribution is -2.41. The number of hydrogen-bond donors (Lipinski definition) is 3. The van der Waals surface area contributed by atoms with Crippen LogP contribution in [0.15, 0.2) is 15.6 Å². The van der Waals surface area contributed by atoms with Crippen LogP contribution in [-0.4, -0.2) is 36.5 Å². The number of amides is 1. The normalized spacial score (nSPS) is 15.5. The van der Waals surface area contributed by atoms with Crippen LogP contribution in [0, 0.1) is 5.92 Å². The Bertz CT molecular complexity index is 633. The molecule has 1 saturated carbocycles. The predicted molar refractivity (Wildman–Crippen MR) is 128 cm³/mol. The van der Waals surface area contributed by atoms with Crippen LogP contribution in [0.2, 0.25) is 0 Å². The second-order valence-electron chi connectivity index (χ2n) is 8.55. The first-order valence-electron chi connectivity index (χ1n) is 10.6. The summed E-state index contributed by atoms with van der Waals surface area (Å²) in [4.78, 5) is 20.9. The van der Waals surface area contributed by atoms with Crippen LogP contribution in [0.5, 0.6) is 0 Å². The Hall–Kier alpha value is -1.32. The lowest BCUT2D eigenvalue weighted by molar-refractivity contribution is -0.122. The molecule has 0 unspecified atom stereocenters. The van der Waals surface area contributed by atoms with E-state index in [1.165, 1.54) is 32.1 Å². The van der Waals surface area contributed by atoms with E-state index in [1.807, 2.05) is 6.92 Å². The van der Waals surface area contributed by atoms with Gasteiger partial charge in [0.2, 0.25) is 11.8 Å². The van der Waals surface area contributed by atoms with E-state index in [1.54, 1.807) is 6.20 Å². The molecule has 0 aliphatic heterocycles. The van der Waals surface area contributed by atoms with Crippen molar-refractivity contribution in [2.24, 2.45) is 10.9 Å². The Morgan fingerprint density at radius 2 is 1.86 bits per heavy atom. The number of oxazole rings is 1. The molecule has 0 saturated heterocycles. The van der Waals surface area contributed by atoms with E-state index in [0.717, 1.165) is 12.3 Å². The first kappa shape index (κ1) is 25.7. The maximum absolute atomic E-state index is 12.1. The smallest absolute Gasteiger partial charge is 0.220 e. The van der Waals surface area contributed by atoms with Crippen molar-refractivity contribution in [3.8, 4) is 0 Å². The van der Waals surface area contributed by atoms with Crippen molar-refractivity contribution in [3.63, 3.8) is 0 Å². The molecule has 3 N–H and O–H groups in total. The Kier molecular flexibility index (Phi) is 11.6. The summed E-state index contributed by atoms with van der Waals surface area (Å²) in [6, 6.07) is 0. The number of rotatable bonds is 8. The summed E-state index contributed by atoms with van der Waals surface area (Å²) in [5.41, 5.74) is -0.0620. The summed E-state index contributed by atoms with van der Waals surface area (Å²) in [7, 11) is 0. The fraction of sp³-hybridized carbons (Fsp3) is 0.762. The zero-order chi connectivity index (χ0) is 20.4. The van der Waals surface area contributed by atoms with Gasteiger partial charge in [0.25, 0.3) is 0 Å². The van der Waals surface area contributed by atoms with Gasteiger partial charge in [0.05, 0.1) is 6.20 Å². The number of aliphatic imine (C=N–C) groups is 1. The minimum Gasteiger partial charge on any atom is -0.443 e. The van der Waals surface area contributed by atoms with Gasteiger partial charge in [-0.25, -0.2) is 9.98 Å². The zero-order valence-electron chi connectivity index (χ0n) is 18.3. The van der Waals surface area contributed by atoms with Crippen LogP contribution in [0.3, 0.4) is 0 Å². The molecule has 1 aliphatic rings. The second-order valence-corrected chi connectivity index (χ2v) is 8.55. The summed E-state index contributed by atoms with van der Waals surface area (Å²) in [5, 5.41) is 9.45. The van der Waals surface area contributed by atoms with E-state index in [2.05, 4.69) is 46.7 Å². The Morgan fingerprint density at radius 1 is 1.17 bits per heavy atom. The topological polar surface area (TPSA) is 91.6 Å². The number of carbonyl (C=O) groups excluding carboxylic acids is 1. The Morgan fingerprint density at radius 3 is 2.48 bits per heavy atom. The predicted octanol–water partition coefficient (Wildman–Crippen LogP) is 3.73. The van der Waals surface area contributed by atoms with Crippen LogP contribution in [-0.2, 0) is 16.8 Å². The van der Waals surface area contributed by atoms with E-state index >= 15 is 0 Å². The van der Waals surface area contributed by atoms with Crippen molar-refractivity contribution in [2.75, 3.05) is 19.6 Å². The molecule has 1 fully saturated rings. The molecule has 0 radical (unpaired) electrons. The molecule has 1 aliphatic carbocycles. The lowest BCUT2D eigenvalue weighted by atomic mass is 9.87. The van der Waals surface area contributed by atoms with Crippen molar-refractivity contribution in [2.45, 2.75) is 78.2 Å². The highest BCUT2D eigenvalue weighted by atomic mass is 127. The van der Waals surface area contributed by atoms with E-state index in [-0.39, 0.29) is 35.3 Å². The first-order chi connectivity index (χ1) is 13.4. The van der Waals surface area contributed by atoms with Crippen LogP contribution >= 0.6 is 24.0 Å². The van der Waals surface area contributed by atoms with Gasteiger partial charge in [0.1, 0.15) is 12.3 Å². The fourth-order valence-electron chi connectivity index (χ4n) is 3.33. The van der Waals surface area contributed by atoms with Gasteiger partial charge < -0.3 is 20.4 Å². The molecule has 1 heterocycles. The van der Waals surface area contributed by atoms with Crippen molar-refractivity contribution in [3.05, 3.63) is 17.8 Å². The highest BCUT2D eigenvalue weighted by molar-refractivity contribution is 14.0. The van der Waals surface area contributed by atoms with Gasteiger partial charge in [0, 0.05) is 31.5 Å². The summed E-state index contributed by atoms with van der Waals surface area (Å²) < 4.78 is 5.78. The zero-order valence-corrected chi connectivity index (χ0v) is 20.7. The number of nitrogens with zero attached hydrogens (tertiary/aromatic N) is 2. The van der Waals surface area contributed by atoms with Crippen LogP contribution < -0.4 is 16.0 Å². The molecule has 1 amide bonds. The van der Waals surface area contributed by atoms with Crippen LogP contribution in [0.4, 0.5) is 0 Å². The van der Waals surface area contributed by atoms with E-state index in [0.29, 0.717) is 43.8 Å². The number of aromatic nitrogens is 1. The van der Waals surface area contributed by atoms with Gasteiger partial charge in [-0.3, -0.25) is 4.79 Å². The third-order valence-corrected chi connectivity index (χ3v) is 4.95. The summed E-state index contributed by atoms with van der Waals surface area (Å²) in [5.74, 6) is 2.88. The SMILES string of the molecule is CCNC(=NCc1ncc(C(C)(C)C)o1)NCCNC(=O)CC1CCCCC1.I. The van der Waals surface area contributed by atoms with Gasteiger partial charge in [0.15, 0.2) is 5.96 Å². The van der Waals surface area contributed by atoms with Gasteiger partial charge in [-0.15, -0.1) is 24.0 Å². The third kappa shape index (κ3) is 9.82. The second kappa shape index (κ2) is 13.1. The Labute approximate surface area is 192 Å². The molecular formula is C21H38IN5O2. The quantitative estimate of drug-likeness (QED) is 0.211. The molecule has 0 atom stereocenters. The van der Waals surface area contributed by atoms with E-state index in [4.69, 9.17) is 4.42 Å². The van der Waals surface area contributed by atoms with E-state index < -0.39 is 0 Å². The molecule has 7 nitrogen and oxygen atoms in total. The molecule has 2 rings (SSSR count). The summed E-state index contributed by atoms with van der Waals surface area (Å²) in [6.45, 7) is 10.6. The average molecular weight is 519 g/mol. The number of hydrogen-bond acceptors (Lipinski definition) is 4. The summed E-state index contributed by atoms with van der Waals surface area (Å²) in [6.07, 6.45) is 8.68. The van der Waals surface area contributed by atoms with E-state index in [9.17, 15) is 4.79 Å². The number of carbonyl (C=O) groups is 1. The largest absolute Gasteiger partial charge is 0.443 e. The molecule has 1 aromatic rings. The van der Waals surface area contributed by atoms with Gasteiger partial charge in [-0.2, -0.15) is 0 Å². The van der Waals surface area contributed by atoms with Gasteiger partial charge >= 0.3 is 0 Å². The van der Waals surface area contributed by atoms with Crippen LogP contribution in [0.1, 0.15) is 77.9 Å². The third-order valence-electron chi connectivity index (χ3n) is 4.95. The summed E-state index contributed by atoms with van der Waals surface area (Å²) >= 11 is 0. The molecule has 29 heavy (non-hydrogen) atoms. The van der Waals surface area contributed by atoms with Crippen LogP contribution in [0.25, 0.3) is 0 Å². The van der Waals surface area contributed by atoms with Crippen molar-refractivity contribution < 1.29 is 9.21 Å². The van der Waals surface area contributed by atoms with Crippen molar-refractivity contribution in [1.29, 1.82) is 0 Å². The van der Waals surface area contributed by atoms with Crippen molar-refractivity contribution >= 4 is 35.8 Å². The maximum Gasteiger partial charge on any atom is 0.220 e. The Balaban J connectivity index is 0.00000420. The van der Waals surface area contributed by atoms with Crippen molar-refractivity contribution in [1.82, 2.24) is 20.9 Å². The first-order valence-corrected chi connectivity index (χ1v) is 10.6. The standard InChI is InChI=1S/C21H37N5O2.HI/c1-5-22-20(26-15-19-25-14-17(28-19)21(2,3)4)24-12-11-23-18(27)13-16-9-7-6-8-10-16;/h14,16H,5-13,15H2,1-4H3,(H,23,27)(H2,22,24,26);1H. The maximum atomic E-state index is 12.1. The minimum absolute atomic E-state index is 0. The molecule has 8 heteroatoms. The molecule has 0 aromatic carbocycles. The molecule has 166 valence electrons. The number of guanidine groups is 1. The highest BCUT2D eigenvalue weighted by Crippen LogP contribution is 2.26. The number of nitrogens with one attached hydrogen (secondary N) is 3. The highest BCUT2D eigenvalue weighted by Gasteiger charge is 2.19. The monoisotopic (exact) mass is 519 g/mol. The molecule has 0 bridgehead atoms. The number of halogens is 1. The van der Waals surface area contributed by atoms with Gasteiger partial charge in [-0.1, -0.05) is 40.0 Å². The molecule has 0 spiro atoms. The molecular weight excluding hydrogens is 481 g/mol. The fourth-order valence-corrected chi connectivity index (χ4v) is 3.33. The van der Waals surface area contributed by atoms with Gasteiger partial charge in [-0.05, 0) is 25.7 Å². The lowest BCUT2D eigenvalue weighted by Gasteiger charge is -2.20.